The van der Waals surface area contributed by atoms with Crippen LogP contribution in [0.15, 0.2) is 18.2 Å². The van der Waals surface area contributed by atoms with Crippen molar-refractivity contribution in [2.75, 3.05) is 18.4 Å². The molecule has 0 fully saturated rings. The van der Waals surface area contributed by atoms with Crippen LogP contribution in [0, 0.1) is 10.1 Å². The van der Waals surface area contributed by atoms with Crippen LogP contribution in [-0.2, 0) is 0 Å². The van der Waals surface area contributed by atoms with Crippen LogP contribution in [0.4, 0.5) is 11.4 Å². The predicted octanol–water partition coefficient (Wildman–Crippen LogP) is 2.95. The third-order valence-electron chi connectivity index (χ3n) is 2.89. The highest BCUT2D eigenvalue weighted by Gasteiger charge is 2.16. The lowest BCUT2D eigenvalue weighted by Gasteiger charge is -2.11. The molecule has 20 heavy (non-hydrogen) atoms. The van der Waals surface area contributed by atoms with Gasteiger partial charge >= 0.3 is 0 Å². The lowest BCUT2D eigenvalue weighted by atomic mass is 10.1. The van der Waals surface area contributed by atoms with E-state index < -0.39 is 4.92 Å². The van der Waals surface area contributed by atoms with Gasteiger partial charge in [-0.2, -0.15) is 0 Å². The Morgan fingerprint density at radius 3 is 2.65 bits per heavy atom. The summed E-state index contributed by atoms with van der Waals surface area (Å²) < 4.78 is 0. The number of rotatable bonds is 8. The van der Waals surface area contributed by atoms with Crippen LogP contribution in [-0.4, -0.2) is 23.9 Å². The molecule has 0 radical (unpaired) electrons. The molecule has 0 unspecified atom stereocenters. The van der Waals surface area contributed by atoms with Crippen LogP contribution in [0.25, 0.3) is 0 Å². The van der Waals surface area contributed by atoms with Gasteiger partial charge in [-0.1, -0.05) is 19.8 Å². The number of amides is 1. The Balaban J connectivity index is 2.85. The molecule has 0 spiro atoms. The van der Waals surface area contributed by atoms with E-state index in [1.165, 1.54) is 12.1 Å². The highest BCUT2D eigenvalue weighted by Crippen LogP contribution is 2.22. The number of nitro groups is 1. The average Bonchev–Trinajstić information content (AvgIpc) is 2.44. The van der Waals surface area contributed by atoms with E-state index in [2.05, 4.69) is 17.6 Å². The molecule has 0 aliphatic carbocycles. The van der Waals surface area contributed by atoms with Crippen molar-refractivity contribution in [3.63, 3.8) is 0 Å². The summed E-state index contributed by atoms with van der Waals surface area (Å²) in [5.74, 6) is -0.277. The van der Waals surface area contributed by atoms with Gasteiger partial charge in [-0.15, -0.1) is 0 Å². The molecule has 6 heteroatoms. The summed E-state index contributed by atoms with van der Waals surface area (Å²) >= 11 is 0. The van der Waals surface area contributed by atoms with Crippen molar-refractivity contribution in [3.8, 4) is 0 Å². The van der Waals surface area contributed by atoms with E-state index in [9.17, 15) is 14.9 Å². The number of anilines is 1. The number of nitro benzene ring substituents is 1. The highest BCUT2D eigenvalue weighted by atomic mass is 16.6. The molecule has 1 aromatic rings. The van der Waals surface area contributed by atoms with Crippen molar-refractivity contribution >= 4 is 17.3 Å². The van der Waals surface area contributed by atoms with Crippen LogP contribution >= 0.6 is 0 Å². The minimum atomic E-state index is -0.496. The molecule has 110 valence electrons. The molecular weight excluding hydrogens is 258 g/mol. The minimum absolute atomic E-state index is 0.0784. The number of carbonyl (C=O) groups excluding carboxylic acids is 1. The molecule has 0 atom stereocenters. The van der Waals surface area contributed by atoms with Crippen molar-refractivity contribution in [2.45, 2.75) is 33.1 Å². The normalized spacial score (nSPS) is 10.1. The van der Waals surface area contributed by atoms with Gasteiger partial charge in [0.25, 0.3) is 11.6 Å². The maximum Gasteiger partial charge on any atom is 0.270 e. The Morgan fingerprint density at radius 2 is 2.05 bits per heavy atom. The molecule has 0 saturated carbocycles. The molecule has 0 saturated heterocycles. The number of hydrogen-bond acceptors (Lipinski definition) is 4. The van der Waals surface area contributed by atoms with Gasteiger partial charge in [-0.3, -0.25) is 14.9 Å². The van der Waals surface area contributed by atoms with Crippen molar-refractivity contribution in [3.05, 3.63) is 33.9 Å². The van der Waals surface area contributed by atoms with Gasteiger partial charge in [0.2, 0.25) is 0 Å². The maximum atomic E-state index is 12.1. The van der Waals surface area contributed by atoms with Gasteiger partial charge < -0.3 is 10.6 Å². The van der Waals surface area contributed by atoms with Crippen LogP contribution < -0.4 is 10.6 Å². The van der Waals surface area contributed by atoms with E-state index >= 15 is 0 Å². The maximum absolute atomic E-state index is 12.1. The molecule has 2 N–H and O–H groups in total. The largest absolute Gasteiger partial charge is 0.385 e. The molecule has 1 aromatic carbocycles. The van der Waals surface area contributed by atoms with E-state index in [1.54, 1.807) is 6.07 Å². The second-order valence-corrected chi connectivity index (χ2v) is 4.48. The molecule has 0 aromatic heterocycles. The summed E-state index contributed by atoms with van der Waals surface area (Å²) in [7, 11) is 0. The van der Waals surface area contributed by atoms with Crippen molar-refractivity contribution in [1.82, 2.24) is 5.32 Å². The molecule has 0 aliphatic rings. The number of unbranched alkanes of at least 4 members (excludes halogenated alkanes) is 2. The standard InChI is InChI=1S/C14H21N3O3/c1-3-5-6-9-16-14(18)12-10-11(17(19)20)7-8-13(12)15-4-2/h7-8,10,15H,3-6,9H2,1-2H3,(H,16,18). The fraction of sp³-hybridized carbons (Fsp3) is 0.500. The van der Waals surface area contributed by atoms with Gasteiger partial charge in [-0.05, 0) is 19.4 Å². The van der Waals surface area contributed by atoms with Gasteiger partial charge in [0.15, 0.2) is 0 Å². The third kappa shape index (κ3) is 4.53. The number of hydrogen-bond donors (Lipinski definition) is 2. The molecule has 0 aliphatic heterocycles. The molecule has 0 bridgehead atoms. The summed E-state index contributed by atoms with van der Waals surface area (Å²) in [6.07, 6.45) is 3.04. The van der Waals surface area contributed by atoms with Crippen LogP contribution in [0.2, 0.25) is 0 Å². The fourth-order valence-corrected chi connectivity index (χ4v) is 1.85. The first kappa shape index (κ1) is 15.9. The van der Waals surface area contributed by atoms with Crippen molar-refractivity contribution < 1.29 is 9.72 Å². The number of carbonyl (C=O) groups is 1. The van der Waals surface area contributed by atoms with Crippen LogP contribution in [0.5, 0.6) is 0 Å². The van der Waals surface area contributed by atoms with Crippen molar-refractivity contribution in [1.29, 1.82) is 0 Å². The van der Waals surface area contributed by atoms with E-state index in [-0.39, 0.29) is 11.6 Å². The van der Waals surface area contributed by atoms with Gasteiger partial charge in [-0.25, -0.2) is 0 Å². The zero-order chi connectivity index (χ0) is 15.0. The summed E-state index contributed by atoms with van der Waals surface area (Å²) in [5.41, 5.74) is 0.856. The van der Waals surface area contributed by atoms with Crippen LogP contribution in [0.3, 0.4) is 0 Å². The Hall–Kier alpha value is -2.11. The monoisotopic (exact) mass is 279 g/mol. The summed E-state index contributed by atoms with van der Waals surface area (Å²) in [6, 6.07) is 4.28. The molecular formula is C14H21N3O3. The second kappa shape index (κ2) is 8.14. The minimum Gasteiger partial charge on any atom is -0.385 e. The average molecular weight is 279 g/mol. The smallest absolute Gasteiger partial charge is 0.270 e. The molecule has 6 nitrogen and oxygen atoms in total. The van der Waals surface area contributed by atoms with E-state index in [0.717, 1.165) is 19.3 Å². The topological polar surface area (TPSA) is 84.3 Å². The number of nitrogens with zero attached hydrogens (tertiary/aromatic N) is 1. The van der Waals surface area contributed by atoms with Gasteiger partial charge in [0, 0.05) is 30.9 Å². The lowest BCUT2D eigenvalue weighted by molar-refractivity contribution is -0.384. The Bertz CT molecular complexity index is 475. The molecule has 1 rings (SSSR count). The summed E-state index contributed by atoms with van der Waals surface area (Å²) in [4.78, 5) is 22.4. The number of non-ortho nitro benzene ring substituents is 1. The van der Waals surface area contributed by atoms with Crippen LogP contribution in [0.1, 0.15) is 43.5 Å². The first-order valence-electron chi connectivity index (χ1n) is 6.90. The molecule has 1 amide bonds. The van der Waals surface area contributed by atoms with Crippen molar-refractivity contribution in [2.24, 2.45) is 0 Å². The van der Waals surface area contributed by atoms with E-state index in [1.807, 2.05) is 6.92 Å². The Morgan fingerprint density at radius 1 is 1.30 bits per heavy atom. The summed E-state index contributed by atoms with van der Waals surface area (Å²) in [6.45, 7) is 5.23. The highest BCUT2D eigenvalue weighted by molar-refractivity contribution is 6.00. The first-order valence-corrected chi connectivity index (χ1v) is 6.90. The zero-order valence-corrected chi connectivity index (χ0v) is 11.9. The summed E-state index contributed by atoms with van der Waals surface area (Å²) in [5, 5.41) is 16.6. The lowest BCUT2D eigenvalue weighted by Crippen LogP contribution is -2.25. The number of nitrogens with one attached hydrogen (secondary N) is 2. The fourth-order valence-electron chi connectivity index (χ4n) is 1.85. The Labute approximate surface area is 118 Å². The number of benzene rings is 1. The predicted molar refractivity (Wildman–Crippen MR) is 79.1 cm³/mol. The molecule has 0 heterocycles. The first-order chi connectivity index (χ1) is 9.60. The van der Waals surface area contributed by atoms with Gasteiger partial charge in [0.05, 0.1) is 10.5 Å². The quantitative estimate of drug-likeness (QED) is 0.435. The second-order valence-electron chi connectivity index (χ2n) is 4.48. The zero-order valence-electron chi connectivity index (χ0n) is 11.9. The SMILES string of the molecule is CCCCCNC(=O)c1cc([N+](=O)[O-])ccc1NCC. The van der Waals surface area contributed by atoms with E-state index in [4.69, 9.17) is 0 Å². The third-order valence-corrected chi connectivity index (χ3v) is 2.89. The Kier molecular flexibility index (Phi) is 6.49. The van der Waals surface area contributed by atoms with E-state index in [0.29, 0.717) is 24.3 Å². The van der Waals surface area contributed by atoms with Gasteiger partial charge in [0.1, 0.15) is 0 Å².